The molecule has 1 heterocycles. The molecule has 0 saturated heterocycles. The van der Waals surface area contributed by atoms with Gasteiger partial charge >= 0.3 is 5.97 Å². The molecule has 1 saturated carbocycles. The Labute approximate surface area is 269 Å². The molecule has 2 N–H and O–H groups in total. The molecular formula is C35H51N3O6S. The molecule has 10 heteroatoms. The maximum absolute atomic E-state index is 12.8. The number of esters is 1. The fraction of sp³-hybridized carbons (Fsp3) is 0.600. The van der Waals surface area contributed by atoms with E-state index in [1.54, 1.807) is 12.1 Å². The fourth-order valence-electron chi connectivity index (χ4n) is 5.60. The highest BCUT2D eigenvalue weighted by atomic mass is 32.2. The molecule has 1 fully saturated rings. The van der Waals surface area contributed by atoms with Crippen LogP contribution in [0.2, 0.25) is 0 Å². The molecule has 0 aliphatic heterocycles. The van der Waals surface area contributed by atoms with Crippen LogP contribution in [0, 0.1) is 5.92 Å². The highest BCUT2D eigenvalue weighted by Crippen LogP contribution is 2.26. The summed E-state index contributed by atoms with van der Waals surface area (Å²) >= 11 is 0. The number of unbranched alkanes of at least 4 members (excludes halogenated alkanes) is 8. The zero-order valence-electron chi connectivity index (χ0n) is 26.9. The van der Waals surface area contributed by atoms with Crippen LogP contribution in [0.4, 0.5) is 0 Å². The number of nitrogens with one attached hydrogen (secondary N) is 2. The average molecular weight is 642 g/mol. The monoisotopic (exact) mass is 641 g/mol. The molecule has 0 atom stereocenters. The third-order valence-corrected chi connectivity index (χ3v) is 9.69. The molecule has 9 nitrogen and oxygen atoms in total. The Kier molecular flexibility index (Phi) is 16.1. The van der Waals surface area contributed by atoms with E-state index in [1.807, 2.05) is 0 Å². The average Bonchev–Trinajstić information content (AvgIpc) is 3.04. The highest BCUT2D eigenvalue weighted by molar-refractivity contribution is 7.90. The lowest BCUT2D eigenvalue weighted by atomic mass is 9.87. The van der Waals surface area contributed by atoms with Crippen molar-refractivity contribution in [2.24, 2.45) is 5.92 Å². The molecule has 1 aromatic heterocycles. The van der Waals surface area contributed by atoms with Crippen LogP contribution in [0.5, 0.6) is 0 Å². The number of amides is 2. The summed E-state index contributed by atoms with van der Waals surface area (Å²) in [6.07, 6.45) is 19.3. The number of carbonyl (C=O) groups excluding carboxylic acids is 3. The van der Waals surface area contributed by atoms with Crippen molar-refractivity contribution >= 4 is 27.8 Å². The second-order valence-electron chi connectivity index (χ2n) is 12.2. The van der Waals surface area contributed by atoms with E-state index in [2.05, 4.69) is 21.9 Å². The van der Waals surface area contributed by atoms with Gasteiger partial charge in [0.25, 0.3) is 15.9 Å². The normalized spacial score (nSPS) is 13.7. The topological polar surface area (TPSA) is 132 Å². The summed E-state index contributed by atoms with van der Waals surface area (Å²) in [5.74, 6) is -0.535. The first kappa shape index (κ1) is 36.2. The highest BCUT2D eigenvalue weighted by Gasteiger charge is 2.20. The van der Waals surface area contributed by atoms with Crippen LogP contribution >= 0.6 is 0 Å². The standard InChI is InChI=1S/C35H51N3O6S/c1-2-3-4-5-6-7-8-9-13-16-34(40)44-27-31-20-19-30(26-37-31)35(41)38-45(42,43)32-21-17-28(18-22-32)23-24-36-33(39)25-29-14-11-10-12-15-29/h17-22,26,29H,2-16,23-25,27H2,1H3,(H,36,39)(H,38,41). The van der Waals surface area contributed by atoms with Crippen LogP contribution in [-0.4, -0.2) is 37.7 Å². The van der Waals surface area contributed by atoms with Gasteiger partial charge in [-0.2, -0.15) is 0 Å². The van der Waals surface area contributed by atoms with Crippen LogP contribution in [-0.2, 0) is 37.4 Å². The maximum atomic E-state index is 12.8. The van der Waals surface area contributed by atoms with E-state index in [-0.39, 0.29) is 28.9 Å². The van der Waals surface area contributed by atoms with Gasteiger partial charge in [0.1, 0.15) is 6.61 Å². The Hall–Kier alpha value is -3.27. The molecule has 2 aromatic rings. The molecule has 248 valence electrons. The molecule has 3 rings (SSSR count). The summed E-state index contributed by atoms with van der Waals surface area (Å²) in [6, 6.07) is 9.24. The van der Waals surface area contributed by atoms with Gasteiger partial charge in [-0.15, -0.1) is 0 Å². The van der Waals surface area contributed by atoms with Gasteiger partial charge in [0.15, 0.2) is 0 Å². The van der Waals surface area contributed by atoms with Crippen molar-refractivity contribution in [3.05, 3.63) is 59.4 Å². The zero-order valence-corrected chi connectivity index (χ0v) is 27.7. The molecule has 1 aromatic carbocycles. The number of rotatable bonds is 20. The molecule has 0 bridgehead atoms. The molecule has 0 spiro atoms. The Morgan fingerprint density at radius 3 is 2.18 bits per heavy atom. The third kappa shape index (κ3) is 14.1. The minimum absolute atomic E-state index is 0.00694. The lowest BCUT2D eigenvalue weighted by molar-refractivity contribution is -0.145. The molecule has 2 amide bonds. The number of hydrogen-bond donors (Lipinski definition) is 2. The minimum atomic E-state index is -4.09. The number of carbonyl (C=O) groups is 3. The predicted molar refractivity (Wildman–Crippen MR) is 175 cm³/mol. The van der Waals surface area contributed by atoms with Crippen LogP contribution in [0.3, 0.4) is 0 Å². The fourth-order valence-corrected chi connectivity index (χ4v) is 6.57. The largest absolute Gasteiger partial charge is 0.459 e. The lowest BCUT2D eigenvalue weighted by Gasteiger charge is -2.20. The first-order chi connectivity index (χ1) is 21.8. The Morgan fingerprint density at radius 1 is 0.867 bits per heavy atom. The summed E-state index contributed by atoms with van der Waals surface area (Å²) in [6.45, 7) is 2.69. The van der Waals surface area contributed by atoms with Gasteiger partial charge in [0, 0.05) is 25.6 Å². The SMILES string of the molecule is CCCCCCCCCCCC(=O)OCc1ccc(C(=O)NS(=O)(=O)c2ccc(CCNC(=O)CC3CCCCC3)cc2)cn1. The van der Waals surface area contributed by atoms with Gasteiger partial charge in [-0.1, -0.05) is 89.7 Å². The summed E-state index contributed by atoms with van der Waals surface area (Å²) in [5.41, 5.74) is 1.42. The number of aromatic nitrogens is 1. The summed E-state index contributed by atoms with van der Waals surface area (Å²) in [7, 11) is -4.09. The smallest absolute Gasteiger partial charge is 0.306 e. The van der Waals surface area contributed by atoms with Gasteiger partial charge < -0.3 is 10.1 Å². The number of nitrogens with zero attached hydrogens (tertiary/aromatic N) is 1. The van der Waals surface area contributed by atoms with E-state index < -0.39 is 15.9 Å². The van der Waals surface area contributed by atoms with E-state index in [4.69, 9.17) is 4.74 Å². The van der Waals surface area contributed by atoms with E-state index in [9.17, 15) is 22.8 Å². The quantitative estimate of drug-likeness (QED) is 0.120. The van der Waals surface area contributed by atoms with Crippen molar-refractivity contribution in [3.63, 3.8) is 0 Å². The van der Waals surface area contributed by atoms with Crippen molar-refractivity contribution in [1.82, 2.24) is 15.0 Å². The number of sulfonamides is 1. The zero-order chi connectivity index (χ0) is 32.3. The molecule has 0 radical (unpaired) electrons. The number of benzene rings is 1. The lowest BCUT2D eigenvalue weighted by Crippen LogP contribution is -2.30. The van der Waals surface area contributed by atoms with Gasteiger partial charge in [0.2, 0.25) is 5.91 Å². The van der Waals surface area contributed by atoms with Crippen molar-refractivity contribution in [1.29, 1.82) is 0 Å². The predicted octanol–water partition coefficient (Wildman–Crippen LogP) is 6.79. The van der Waals surface area contributed by atoms with E-state index in [1.165, 1.54) is 88.2 Å². The van der Waals surface area contributed by atoms with Crippen molar-refractivity contribution in [2.45, 2.75) is 128 Å². The van der Waals surface area contributed by atoms with Crippen LogP contribution < -0.4 is 10.0 Å². The molecular weight excluding hydrogens is 590 g/mol. The molecule has 0 unspecified atom stereocenters. The second-order valence-corrected chi connectivity index (χ2v) is 13.8. The van der Waals surface area contributed by atoms with Gasteiger partial charge in [-0.3, -0.25) is 19.4 Å². The van der Waals surface area contributed by atoms with E-state index >= 15 is 0 Å². The molecule has 1 aliphatic carbocycles. The third-order valence-electron chi connectivity index (χ3n) is 8.35. The summed E-state index contributed by atoms with van der Waals surface area (Å²) < 4.78 is 33.0. The Bertz CT molecular complexity index is 1290. The molecule has 1 aliphatic rings. The minimum Gasteiger partial charge on any atom is -0.459 e. The van der Waals surface area contributed by atoms with E-state index in [0.29, 0.717) is 37.4 Å². The first-order valence-electron chi connectivity index (χ1n) is 16.8. The van der Waals surface area contributed by atoms with Gasteiger partial charge in [-0.05, 0) is 61.4 Å². The van der Waals surface area contributed by atoms with Crippen LogP contribution in [0.25, 0.3) is 0 Å². The van der Waals surface area contributed by atoms with Gasteiger partial charge in [-0.25, -0.2) is 13.1 Å². The Balaban J connectivity index is 1.34. The van der Waals surface area contributed by atoms with Crippen molar-refractivity contribution < 1.29 is 27.5 Å². The summed E-state index contributed by atoms with van der Waals surface area (Å²) in [4.78, 5) is 41.0. The maximum Gasteiger partial charge on any atom is 0.306 e. The Morgan fingerprint density at radius 2 is 1.53 bits per heavy atom. The number of ether oxygens (including phenoxy) is 1. The van der Waals surface area contributed by atoms with Crippen molar-refractivity contribution in [3.8, 4) is 0 Å². The first-order valence-corrected chi connectivity index (χ1v) is 18.3. The number of hydrogen-bond acceptors (Lipinski definition) is 7. The van der Waals surface area contributed by atoms with Crippen LogP contribution in [0.15, 0.2) is 47.5 Å². The van der Waals surface area contributed by atoms with Crippen molar-refractivity contribution in [2.75, 3.05) is 6.54 Å². The van der Waals surface area contributed by atoms with E-state index in [0.717, 1.165) is 37.7 Å². The van der Waals surface area contributed by atoms with Gasteiger partial charge in [0.05, 0.1) is 16.2 Å². The summed E-state index contributed by atoms with van der Waals surface area (Å²) in [5, 5.41) is 2.96. The van der Waals surface area contributed by atoms with Crippen LogP contribution in [0.1, 0.15) is 131 Å². The molecule has 45 heavy (non-hydrogen) atoms. The number of pyridine rings is 1. The second kappa shape index (κ2) is 20.0.